The highest BCUT2D eigenvalue weighted by atomic mass is 79.9. The normalized spacial score (nSPS) is 10.6. The van der Waals surface area contributed by atoms with Gasteiger partial charge < -0.3 is 10.1 Å². The topological polar surface area (TPSA) is 69.0 Å². The SMILES string of the molecule is COc1cccc(NC(=O)c2nc(-c3ccc(Br)cc3)n(-c3ccc(C)cc3)n2)c1. The third-order valence-corrected chi connectivity index (χ3v) is 5.05. The van der Waals surface area contributed by atoms with Gasteiger partial charge in [-0.05, 0) is 43.3 Å². The molecule has 0 aliphatic heterocycles. The summed E-state index contributed by atoms with van der Waals surface area (Å²) in [4.78, 5) is 17.4. The van der Waals surface area contributed by atoms with E-state index in [9.17, 15) is 4.79 Å². The van der Waals surface area contributed by atoms with E-state index in [2.05, 4.69) is 31.3 Å². The summed E-state index contributed by atoms with van der Waals surface area (Å²) in [5, 5.41) is 7.33. The van der Waals surface area contributed by atoms with Crippen molar-refractivity contribution < 1.29 is 9.53 Å². The highest BCUT2D eigenvalue weighted by Crippen LogP contribution is 2.24. The number of methoxy groups -OCH3 is 1. The zero-order valence-electron chi connectivity index (χ0n) is 16.5. The predicted octanol–water partition coefficient (Wildman–Crippen LogP) is 5.27. The second kappa shape index (κ2) is 8.51. The molecule has 4 rings (SSSR count). The zero-order valence-corrected chi connectivity index (χ0v) is 18.1. The summed E-state index contributed by atoms with van der Waals surface area (Å²) in [6.45, 7) is 2.02. The molecule has 0 bridgehead atoms. The van der Waals surface area contributed by atoms with Crippen molar-refractivity contribution in [1.82, 2.24) is 14.8 Å². The number of halogens is 1. The lowest BCUT2D eigenvalue weighted by atomic mass is 10.2. The molecule has 0 unspecified atom stereocenters. The van der Waals surface area contributed by atoms with Crippen LogP contribution in [0.3, 0.4) is 0 Å². The van der Waals surface area contributed by atoms with Gasteiger partial charge in [0, 0.05) is 21.8 Å². The van der Waals surface area contributed by atoms with E-state index in [1.807, 2.05) is 61.5 Å². The van der Waals surface area contributed by atoms with Crippen LogP contribution in [-0.4, -0.2) is 27.8 Å². The van der Waals surface area contributed by atoms with E-state index >= 15 is 0 Å². The highest BCUT2D eigenvalue weighted by molar-refractivity contribution is 9.10. The van der Waals surface area contributed by atoms with Gasteiger partial charge in [-0.1, -0.05) is 51.8 Å². The third-order valence-electron chi connectivity index (χ3n) is 4.52. The second-order valence-corrected chi connectivity index (χ2v) is 7.62. The molecule has 0 atom stereocenters. The van der Waals surface area contributed by atoms with E-state index in [-0.39, 0.29) is 5.82 Å². The van der Waals surface area contributed by atoms with Crippen molar-refractivity contribution in [3.63, 3.8) is 0 Å². The molecule has 1 N–H and O–H groups in total. The van der Waals surface area contributed by atoms with Gasteiger partial charge in [-0.25, -0.2) is 9.67 Å². The molecule has 7 heteroatoms. The summed E-state index contributed by atoms with van der Waals surface area (Å²) in [7, 11) is 1.58. The van der Waals surface area contributed by atoms with Gasteiger partial charge in [0.2, 0.25) is 5.82 Å². The maximum atomic E-state index is 12.9. The zero-order chi connectivity index (χ0) is 21.1. The van der Waals surface area contributed by atoms with Crippen LogP contribution in [0.2, 0.25) is 0 Å². The van der Waals surface area contributed by atoms with Crippen LogP contribution in [-0.2, 0) is 0 Å². The quantitative estimate of drug-likeness (QED) is 0.438. The number of benzene rings is 3. The van der Waals surface area contributed by atoms with E-state index in [0.29, 0.717) is 17.3 Å². The third kappa shape index (κ3) is 4.26. The molecule has 0 fully saturated rings. The van der Waals surface area contributed by atoms with Crippen LogP contribution >= 0.6 is 15.9 Å². The fourth-order valence-electron chi connectivity index (χ4n) is 2.95. The summed E-state index contributed by atoms with van der Waals surface area (Å²) >= 11 is 3.45. The summed E-state index contributed by atoms with van der Waals surface area (Å²) in [5.41, 5.74) is 3.43. The van der Waals surface area contributed by atoms with Crippen molar-refractivity contribution in [2.75, 3.05) is 12.4 Å². The van der Waals surface area contributed by atoms with Crippen molar-refractivity contribution in [2.24, 2.45) is 0 Å². The van der Waals surface area contributed by atoms with E-state index < -0.39 is 5.91 Å². The minimum Gasteiger partial charge on any atom is -0.497 e. The standard InChI is InChI=1S/C23H19BrN4O2/c1-15-6-12-19(13-7-15)28-22(16-8-10-17(24)11-9-16)26-21(27-28)23(29)25-18-4-3-5-20(14-18)30-2/h3-14H,1-2H3,(H,25,29). The molecule has 3 aromatic carbocycles. The van der Waals surface area contributed by atoms with E-state index in [1.54, 1.807) is 30.0 Å². The van der Waals surface area contributed by atoms with Gasteiger partial charge in [-0.3, -0.25) is 4.79 Å². The first-order chi connectivity index (χ1) is 14.5. The van der Waals surface area contributed by atoms with Crippen molar-refractivity contribution in [3.05, 3.63) is 88.7 Å². The van der Waals surface area contributed by atoms with Gasteiger partial charge in [0.25, 0.3) is 5.91 Å². The first-order valence-electron chi connectivity index (χ1n) is 9.29. The Kier molecular flexibility index (Phi) is 5.63. The van der Waals surface area contributed by atoms with Crippen LogP contribution in [0, 0.1) is 6.92 Å². The van der Waals surface area contributed by atoms with E-state index in [0.717, 1.165) is 21.3 Å². The lowest BCUT2D eigenvalue weighted by Gasteiger charge is -2.06. The van der Waals surface area contributed by atoms with E-state index in [1.165, 1.54) is 0 Å². The van der Waals surface area contributed by atoms with Crippen LogP contribution in [0.4, 0.5) is 5.69 Å². The number of carbonyl (C=O) groups is 1. The molecule has 0 aliphatic rings. The van der Waals surface area contributed by atoms with Crippen molar-refractivity contribution >= 4 is 27.5 Å². The summed E-state index contributed by atoms with van der Waals surface area (Å²) in [5.74, 6) is 0.924. The Morgan fingerprint density at radius 2 is 1.77 bits per heavy atom. The Hall–Kier alpha value is -3.45. The van der Waals surface area contributed by atoms with Gasteiger partial charge in [0.05, 0.1) is 12.8 Å². The van der Waals surface area contributed by atoms with Gasteiger partial charge in [-0.2, -0.15) is 0 Å². The number of hydrogen-bond donors (Lipinski definition) is 1. The number of anilines is 1. The second-order valence-electron chi connectivity index (χ2n) is 6.70. The molecule has 6 nitrogen and oxygen atoms in total. The molecular weight excluding hydrogens is 444 g/mol. The molecular formula is C23H19BrN4O2. The molecule has 0 saturated carbocycles. The molecule has 1 heterocycles. The number of nitrogens with one attached hydrogen (secondary N) is 1. The van der Waals surface area contributed by atoms with Crippen molar-refractivity contribution in [2.45, 2.75) is 6.92 Å². The Morgan fingerprint density at radius 3 is 2.47 bits per heavy atom. The average molecular weight is 463 g/mol. The fraction of sp³-hybridized carbons (Fsp3) is 0.0870. The van der Waals surface area contributed by atoms with Gasteiger partial charge in [0.1, 0.15) is 5.75 Å². The van der Waals surface area contributed by atoms with Gasteiger partial charge in [-0.15, -0.1) is 5.10 Å². The molecule has 0 radical (unpaired) electrons. The fourth-order valence-corrected chi connectivity index (χ4v) is 3.21. The smallest absolute Gasteiger partial charge is 0.295 e. The number of aromatic nitrogens is 3. The van der Waals surface area contributed by atoms with Gasteiger partial charge in [0.15, 0.2) is 5.82 Å². The minimum atomic E-state index is -0.396. The lowest BCUT2D eigenvalue weighted by molar-refractivity contribution is 0.101. The van der Waals surface area contributed by atoms with E-state index in [4.69, 9.17) is 4.74 Å². The summed E-state index contributed by atoms with van der Waals surface area (Å²) < 4.78 is 7.86. The Labute approximate surface area is 182 Å². The monoisotopic (exact) mass is 462 g/mol. The van der Waals surface area contributed by atoms with Crippen LogP contribution in [0.25, 0.3) is 17.1 Å². The number of amides is 1. The molecule has 0 spiro atoms. The minimum absolute atomic E-state index is 0.0799. The summed E-state index contributed by atoms with van der Waals surface area (Å²) in [6.07, 6.45) is 0. The number of rotatable bonds is 5. The summed E-state index contributed by atoms with van der Waals surface area (Å²) in [6, 6.07) is 22.8. The molecule has 0 saturated heterocycles. The first-order valence-corrected chi connectivity index (χ1v) is 10.1. The van der Waals surface area contributed by atoms with Gasteiger partial charge >= 0.3 is 0 Å². The lowest BCUT2D eigenvalue weighted by Crippen LogP contribution is -2.14. The largest absolute Gasteiger partial charge is 0.497 e. The average Bonchev–Trinajstić information content (AvgIpc) is 3.20. The van der Waals surface area contributed by atoms with Crippen LogP contribution in [0.5, 0.6) is 5.75 Å². The number of aryl methyl sites for hydroxylation is 1. The number of hydrogen-bond acceptors (Lipinski definition) is 4. The Morgan fingerprint density at radius 1 is 1.03 bits per heavy atom. The van der Waals surface area contributed by atoms with Crippen LogP contribution in [0.15, 0.2) is 77.3 Å². The van der Waals surface area contributed by atoms with Crippen LogP contribution in [0.1, 0.15) is 16.2 Å². The molecule has 0 aliphatic carbocycles. The first kappa shape index (κ1) is 19.8. The molecule has 1 aromatic heterocycles. The van der Waals surface area contributed by atoms with Crippen LogP contribution < -0.4 is 10.1 Å². The number of carbonyl (C=O) groups excluding carboxylic acids is 1. The highest BCUT2D eigenvalue weighted by Gasteiger charge is 2.19. The molecule has 150 valence electrons. The van der Waals surface area contributed by atoms with Crippen molar-refractivity contribution in [3.8, 4) is 22.8 Å². The maximum Gasteiger partial charge on any atom is 0.295 e. The molecule has 4 aromatic rings. The number of ether oxygens (including phenoxy) is 1. The van der Waals surface area contributed by atoms with Crippen molar-refractivity contribution in [1.29, 1.82) is 0 Å². The molecule has 1 amide bonds. The predicted molar refractivity (Wildman–Crippen MR) is 120 cm³/mol. The molecule has 30 heavy (non-hydrogen) atoms. The Balaban J connectivity index is 1.73. The number of nitrogens with zero attached hydrogens (tertiary/aromatic N) is 3. The Bertz CT molecular complexity index is 1120. The maximum absolute atomic E-state index is 12.9.